The Hall–Kier alpha value is -1.27. The van der Waals surface area contributed by atoms with Crippen molar-refractivity contribution in [3.63, 3.8) is 0 Å². The Labute approximate surface area is 118 Å². The summed E-state index contributed by atoms with van der Waals surface area (Å²) in [5.74, 6) is -0.573. The predicted molar refractivity (Wildman–Crippen MR) is 73.3 cm³/mol. The highest BCUT2D eigenvalue weighted by Crippen LogP contribution is 2.25. The number of piperidine rings is 1. The van der Waals surface area contributed by atoms with E-state index in [1.807, 2.05) is 6.92 Å². The van der Waals surface area contributed by atoms with Crippen LogP contribution < -0.4 is 0 Å². The van der Waals surface area contributed by atoms with E-state index in [-0.39, 0.29) is 36.1 Å². The van der Waals surface area contributed by atoms with Gasteiger partial charge in [0.15, 0.2) is 0 Å². The fraction of sp³-hybridized carbons (Fsp3) is 0.500. The lowest BCUT2D eigenvalue weighted by molar-refractivity contribution is -0.125. The number of aryl methyl sites for hydroxylation is 1. The maximum Gasteiger partial charge on any atom is 0.243 e. The summed E-state index contributed by atoms with van der Waals surface area (Å²) in [6, 6.07) is 3.64. The summed E-state index contributed by atoms with van der Waals surface area (Å²) < 4.78 is 39.6. The fourth-order valence-corrected chi connectivity index (χ4v) is 4.19. The third-order valence-electron chi connectivity index (χ3n) is 3.73. The zero-order chi connectivity index (χ0) is 14.9. The number of benzene rings is 1. The van der Waals surface area contributed by atoms with E-state index in [0.717, 1.165) is 6.07 Å². The molecule has 1 aromatic rings. The Kier molecular flexibility index (Phi) is 4.25. The fourth-order valence-electron chi connectivity index (χ4n) is 2.49. The zero-order valence-corrected chi connectivity index (χ0v) is 12.4. The van der Waals surface area contributed by atoms with Crippen LogP contribution in [0.25, 0.3) is 0 Å². The zero-order valence-electron chi connectivity index (χ0n) is 11.6. The van der Waals surface area contributed by atoms with Crippen molar-refractivity contribution >= 4 is 15.8 Å². The number of nitrogens with zero attached hydrogens (tertiary/aromatic N) is 1. The Morgan fingerprint density at radius 2 is 2.10 bits per heavy atom. The number of carbonyl (C=O) groups is 1. The van der Waals surface area contributed by atoms with Gasteiger partial charge in [-0.2, -0.15) is 4.31 Å². The second kappa shape index (κ2) is 5.61. The molecule has 0 aliphatic carbocycles. The van der Waals surface area contributed by atoms with Crippen LogP contribution in [-0.4, -0.2) is 31.6 Å². The molecule has 1 aliphatic heterocycles. The molecule has 1 saturated heterocycles. The molecule has 6 heteroatoms. The Bertz CT molecular complexity index is 627. The number of carbonyl (C=O) groups excluding carboxylic acids is 1. The molecule has 0 N–H and O–H groups in total. The van der Waals surface area contributed by atoms with E-state index >= 15 is 0 Å². The molecule has 1 atom stereocenters. The molecular formula is C14H18FNO3S. The number of hydrogen-bond acceptors (Lipinski definition) is 3. The van der Waals surface area contributed by atoms with E-state index in [1.165, 1.54) is 16.4 Å². The van der Waals surface area contributed by atoms with Crippen molar-refractivity contribution in [1.82, 2.24) is 4.31 Å². The van der Waals surface area contributed by atoms with Gasteiger partial charge in [0.05, 0.1) is 4.90 Å². The molecule has 1 aliphatic rings. The predicted octanol–water partition coefficient (Wildman–Crippen LogP) is 2.12. The standard InChI is InChI=1S/C14H18FNO3S/c1-3-11-9-16(7-6-13(11)17)20(18,19)14-5-4-12(15)8-10(14)2/h4-5,8,11H,3,6-7,9H2,1-2H3. The minimum atomic E-state index is -3.66. The average Bonchev–Trinajstić information content (AvgIpc) is 2.38. The highest BCUT2D eigenvalue weighted by atomic mass is 32.2. The lowest BCUT2D eigenvalue weighted by Crippen LogP contribution is -2.44. The van der Waals surface area contributed by atoms with E-state index < -0.39 is 15.8 Å². The summed E-state index contributed by atoms with van der Waals surface area (Å²) in [4.78, 5) is 11.8. The molecule has 0 spiro atoms. The number of hydrogen-bond donors (Lipinski definition) is 0. The van der Waals surface area contributed by atoms with Crippen molar-refractivity contribution in [2.24, 2.45) is 5.92 Å². The van der Waals surface area contributed by atoms with E-state index in [1.54, 1.807) is 6.92 Å². The maximum absolute atomic E-state index is 13.1. The molecule has 0 aromatic heterocycles. The van der Waals surface area contributed by atoms with E-state index in [4.69, 9.17) is 0 Å². The lowest BCUT2D eigenvalue weighted by Gasteiger charge is -2.30. The second-order valence-electron chi connectivity index (χ2n) is 5.09. The number of ketones is 1. The molecule has 4 nitrogen and oxygen atoms in total. The number of sulfonamides is 1. The molecule has 1 heterocycles. The molecule has 2 rings (SSSR count). The summed E-state index contributed by atoms with van der Waals surface area (Å²) in [6.07, 6.45) is 0.880. The first-order valence-electron chi connectivity index (χ1n) is 6.65. The molecule has 0 bridgehead atoms. The largest absolute Gasteiger partial charge is 0.299 e. The first-order valence-corrected chi connectivity index (χ1v) is 8.09. The van der Waals surface area contributed by atoms with Crippen molar-refractivity contribution in [3.8, 4) is 0 Å². The van der Waals surface area contributed by atoms with E-state index in [9.17, 15) is 17.6 Å². The van der Waals surface area contributed by atoms with Crippen molar-refractivity contribution in [3.05, 3.63) is 29.6 Å². The molecule has 0 radical (unpaired) electrons. The second-order valence-corrected chi connectivity index (χ2v) is 7.00. The third-order valence-corrected chi connectivity index (χ3v) is 5.76. The monoisotopic (exact) mass is 299 g/mol. The molecule has 0 saturated carbocycles. The smallest absolute Gasteiger partial charge is 0.243 e. The van der Waals surface area contributed by atoms with Gasteiger partial charge < -0.3 is 0 Å². The Morgan fingerprint density at radius 1 is 1.40 bits per heavy atom. The van der Waals surface area contributed by atoms with Gasteiger partial charge in [0, 0.05) is 25.4 Å². The lowest BCUT2D eigenvalue weighted by atomic mass is 9.96. The minimum absolute atomic E-state index is 0.114. The van der Waals surface area contributed by atoms with E-state index in [2.05, 4.69) is 0 Å². The summed E-state index contributed by atoms with van der Waals surface area (Å²) in [6.45, 7) is 3.87. The number of rotatable bonds is 3. The highest BCUT2D eigenvalue weighted by Gasteiger charge is 2.34. The van der Waals surface area contributed by atoms with Crippen LogP contribution in [0.5, 0.6) is 0 Å². The van der Waals surface area contributed by atoms with Gasteiger partial charge in [-0.1, -0.05) is 6.92 Å². The summed E-state index contributed by atoms with van der Waals surface area (Å²) >= 11 is 0. The van der Waals surface area contributed by atoms with Crippen LogP contribution in [0, 0.1) is 18.7 Å². The molecular weight excluding hydrogens is 281 g/mol. The highest BCUT2D eigenvalue weighted by molar-refractivity contribution is 7.89. The first-order chi connectivity index (χ1) is 9.36. The Morgan fingerprint density at radius 3 is 2.70 bits per heavy atom. The minimum Gasteiger partial charge on any atom is -0.299 e. The average molecular weight is 299 g/mol. The SMILES string of the molecule is CCC1CN(S(=O)(=O)c2ccc(F)cc2C)CCC1=O. The molecule has 20 heavy (non-hydrogen) atoms. The molecule has 110 valence electrons. The van der Waals surface area contributed by atoms with Crippen LogP contribution in [0.4, 0.5) is 4.39 Å². The third kappa shape index (κ3) is 2.76. The topological polar surface area (TPSA) is 54.5 Å². The molecule has 0 amide bonds. The van der Waals surface area contributed by atoms with Crippen molar-refractivity contribution in [1.29, 1.82) is 0 Å². The van der Waals surface area contributed by atoms with Gasteiger partial charge in [0.2, 0.25) is 10.0 Å². The van der Waals surface area contributed by atoms with Gasteiger partial charge in [-0.15, -0.1) is 0 Å². The van der Waals surface area contributed by atoms with E-state index in [0.29, 0.717) is 12.0 Å². The summed E-state index contributed by atoms with van der Waals surface area (Å²) in [7, 11) is -3.66. The van der Waals surface area contributed by atoms with Crippen molar-refractivity contribution < 1.29 is 17.6 Å². The van der Waals surface area contributed by atoms with Crippen LogP contribution in [0.2, 0.25) is 0 Å². The quantitative estimate of drug-likeness (QED) is 0.859. The van der Waals surface area contributed by atoms with Gasteiger partial charge in [-0.3, -0.25) is 4.79 Å². The van der Waals surface area contributed by atoms with Crippen LogP contribution >= 0.6 is 0 Å². The van der Waals surface area contributed by atoms with Gasteiger partial charge in [-0.25, -0.2) is 12.8 Å². The van der Waals surface area contributed by atoms with Gasteiger partial charge in [0.1, 0.15) is 11.6 Å². The molecule has 1 unspecified atom stereocenters. The van der Waals surface area contributed by atoms with Crippen LogP contribution in [0.3, 0.4) is 0 Å². The summed E-state index contributed by atoms with van der Waals surface area (Å²) in [5, 5.41) is 0. The van der Waals surface area contributed by atoms with Crippen molar-refractivity contribution in [2.75, 3.05) is 13.1 Å². The Balaban J connectivity index is 2.33. The van der Waals surface area contributed by atoms with Crippen LogP contribution in [0.1, 0.15) is 25.3 Å². The maximum atomic E-state index is 13.1. The van der Waals surface area contributed by atoms with Gasteiger partial charge in [-0.05, 0) is 37.1 Å². The molecule has 1 aromatic carbocycles. The first kappa shape index (κ1) is 15.1. The van der Waals surface area contributed by atoms with Gasteiger partial charge in [0.25, 0.3) is 0 Å². The summed E-state index contributed by atoms with van der Waals surface area (Å²) in [5.41, 5.74) is 0.384. The number of halogens is 1. The molecule has 1 fully saturated rings. The van der Waals surface area contributed by atoms with Gasteiger partial charge >= 0.3 is 0 Å². The van der Waals surface area contributed by atoms with Crippen LogP contribution in [0.15, 0.2) is 23.1 Å². The normalized spacial score (nSPS) is 21.1. The number of Topliss-reactive ketones (excluding diaryl/α,β-unsaturated/α-hetero) is 1. The van der Waals surface area contributed by atoms with Crippen molar-refractivity contribution in [2.45, 2.75) is 31.6 Å². The van der Waals surface area contributed by atoms with Crippen LogP contribution in [-0.2, 0) is 14.8 Å².